The highest BCUT2D eigenvalue weighted by Crippen LogP contribution is 2.28. The maximum Gasteiger partial charge on any atom is 0.254 e. The fourth-order valence-electron chi connectivity index (χ4n) is 2.97. The van der Waals surface area contributed by atoms with E-state index < -0.39 is 0 Å². The van der Waals surface area contributed by atoms with E-state index in [0.717, 1.165) is 18.4 Å². The number of benzene rings is 1. The normalized spacial score (nSPS) is 24.3. The van der Waals surface area contributed by atoms with Crippen LogP contribution in [0.25, 0.3) is 0 Å². The van der Waals surface area contributed by atoms with Crippen molar-refractivity contribution in [2.75, 3.05) is 13.1 Å². The van der Waals surface area contributed by atoms with E-state index in [1.807, 2.05) is 43.0 Å². The highest BCUT2D eigenvalue weighted by atomic mass is 16.5. The zero-order valence-electron chi connectivity index (χ0n) is 13.7. The molecule has 3 rings (SSSR count). The second kappa shape index (κ2) is 6.71. The molecule has 23 heavy (non-hydrogen) atoms. The first kappa shape index (κ1) is 16.0. The number of hydrogen-bond acceptors (Lipinski definition) is 3. The van der Waals surface area contributed by atoms with Crippen molar-refractivity contribution >= 4 is 11.8 Å². The average Bonchev–Trinajstić information content (AvgIpc) is 3.36. The predicted molar refractivity (Wildman–Crippen MR) is 86.9 cm³/mol. The number of morpholine rings is 1. The van der Waals surface area contributed by atoms with Gasteiger partial charge in [-0.05, 0) is 44.4 Å². The quantitative estimate of drug-likeness (QED) is 0.924. The average molecular weight is 316 g/mol. The van der Waals surface area contributed by atoms with E-state index in [9.17, 15) is 9.59 Å². The van der Waals surface area contributed by atoms with Crippen LogP contribution in [0.1, 0.15) is 42.6 Å². The van der Waals surface area contributed by atoms with Gasteiger partial charge in [0.15, 0.2) is 0 Å². The Bertz CT molecular complexity index is 570. The molecule has 2 amide bonds. The van der Waals surface area contributed by atoms with Gasteiger partial charge in [-0.15, -0.1) is 0 Å². The summed E-state index contributed by atoms with van der Waals surface area (Å²) in [5.41, 5.74) is 1.70. The van der Waals surface area contributed by atoms with Crippen LogP contribution in [0.15, 0.2) is 24.3 Å². The molecule has 0 spiro atoms. The lowest BCUT2D eigenvalue weighted by Gasteiger charge is -2.35. The van der Waals surface area contributed by atoms with Gasteiger partial charge in [-0.25, -0.2) is 0 Å². The summed E-state index contributed by atoms with van der Waals surface area (Å²) < 4.78 is 5.67. The van der Waals surface area contributed by atoms with Gasteiger partial charge in [0.2, 0.25) is 5.91 Å². The van der Waals surface area contributed by atoms with Gasteiger partial charge < -0.3 is 15.0 Å². The van der Waals surface area contributed by atoms with Crippen molar-refractivity contribution in [2.24, 2.45) is 5.92 Å². The van der Waals surface area contributed by atoms with E-state index in [2.05, 4.69) is 5.32 Å². The molecule has 2 unspecified atom stereocenters. The molecule has 2 atom stereocenters. The number of nitrogens with zero attached hydrogens (tertiary/aromatic N) is 1. The molecule has 0 aromatic heterocycles. The van der Waals surface area contributed by atoms with Crippen LogP contribution in [0, 0.1) is 5.92 Å². The molecular formula is C18H24N2O3. The standard InChI is InChI=1S/C18H24N2O3/c1-12-10-20(11-13(2)23-12)18(22)16-5-3-14(4-6-16)9-19-17(21)15-7-8-15/h3-6,12-13,15H,7-11H2,1-2H3,(H,19,21). The molecule has 1 aromatic rings. The fourth-order valence-corrected chi connectivity index (χ4v) is 2.97. The van der Waals surface area contributed by atoms with Gasteiger partial charge in [-0.1, -0.05) is 12.1 Å². The Kier molecular flexibility index (Phi) is 4.66. The number of carbonyl (C=O) groups is 2. The predicted octanol–water partition coefficient (Wildman–Crippen LogP) is 1.96. The summed E-state index contributed by atoms with van der Waals surface area (Å²) in [6, 6.07) is 7.50. The maximum atomic E-state index is 12.6. The van der Waals surface area contributed by atoms with Gasteiger partial charge in [0.05, 0.1) is 12.2 Å². The van der Waals surface area contributed by atoms with Crippen LogP contribution < -0.4 is 5.32 Å². The van der Waals surface area contributed by atoms with Crippen molar-refractivity contribution in [3.05, 3.63) is 35.4 Å². The van der Waals surface area contributed by atoms with Crippen LogP contribution in [0.4, 0.5) is 0 Å². The molecule has 1 aromatic carbocycles. The maximum absolute atomic E-state index is 12.6. The van der Waals surface area contributed by atoms with Gasteiger partial charge in [-0.2, -0.15) is 0 Å². The summed E-state index contributed by atoms with van der Waals surface area (Å²) in [6.07, 6.45) is 2.16. The van der Waals surface area contributed by atoms with Crippen molar-refractivity contribution in [2.45, 2.75) is 45.4 Å². The van der Waals surface area contributed by atoms with Crippen LogP contribution in [-0.4, -0.2) is 42.0 Å². The molecule has 1 N–H and O–H groups in total. The summed E-state index contributed by atoms with van der Waals surface area (Å²) >= 11 is 0. The minimum absolute atomic E-state index is 0.0422. The number of hydrogen-bond donors (Lipinski definition) is 1. The zero-order chi connectivity index (χ0) is 16.4. The molecule has 5 heteroatoms. The van der Waals surface area contributed by atoms with Crippen molar-refractivity contribution in [3.63, 3.8) is 0 Å². The summed E-state index contributed by atoms with van der Waals surface area (Å²) in [4.78, 5) is 26.1. The molecule has 1 saturated carbocycles. The molecule has 0 radical (unpaired) electrons. The highest BCUT2D eigenvalue weighted by molar-refractivity contribution is 5.94. The van der Waals surface area contributed by atoms with Gasteiger partial charge in [0.1, 0.15) is 0 Å². The van der Waals surface area contributed by atoms with Crippen molar-refractivity contribution in [1.82, 2.24) is 10.2 Å². The van der Waals surface area contributed by atoms with E-state index in [4.69, 9.17) is 4.74 Å². The van der Waals surface area contributed by atoms with E-state index >= 15 is 0 Å². The third-order valence-corrected chi connectivity index (χ3v) is 4.32. The van der Waals surface area contributed by atoms with Gasteiger partial charge in [0.25, 0.3) is 5.91 Å². The number of carbonyl (C=O) groups excluding carboxylic acids is 2. The van der Waals surface area contributed by atoms with Crippen LogP contribution in [0.2, 0.25) is 0 Å². The van der Waals surface area contributed by atoms with Crippen molar-refractivity contribution in [3.8, 4) is 0 Å². The van der Waals surface area contributed by atoms with Gasteiger partial charge >= 0.3 is 0 Å². The Morgan fingerprint density at radius 3 is 2.30 bits per heavy atom. The second-order valence-electron chi connectivity index (χ2n) is 6.66. The van der Waals surface area contributed by atoms with E-state index in [0.29, 0.717) is 25.2 Å². The first-order chi connectivity index (χ1) is 11.0. The summed E-state index contributed by atoms with van der Waals surface area (Å²) in [6.45, 7) is 5.75. The summed E-state index contributed by atoms with van der Waals surface area (Å²) in [5.74, 6) is 0.406. The first-order valence-corrected chi connectivity index (χ1v) is 8.34. The molecule has 1 aliphatic carbocycles. The minimum atomic E-state index is 0.0422. The smallest absolute Gasteiger partial charge is 0.254 e. The molecule has 5 nitrogen and oxygen atoms in total. The Morgan fingerprint density at radius 2 is 1.74 bits per heavy atom. The van der Waals surface area contributed by atoms with Gasteiger partial charge in [-0.3, -0.25) is 9.59 Å². The lowest BCUT2D eigenvalue weighted by atomic mass is 10.1. The molecule has 2 fully saturated rings. The van der Waals surface area contributed by atoms with Crippen LogP contribution in [0.3, 0.4) is 0 Å². The van der Waals surface area contributed by atoms with E-state index in [1.54, 1.807) is 0 Å². The zero-order valence-corrected chi connectivity index (χ0v) is 13.7. The third-order valence-electron chi connectivity index (χ3n) is 4.32. The fraction of sp³-hybridized carbons (Fsp3) is 0.556. The minimum Gasteiger partial charge on any atom is -0.372 e. The SMILES string of the molecule is CC1CN(C(=O)c2ccc(CNC(=O)C3CC3)cc2)CC(C)O1. The molecule has 0 bridgehead atoms. The van der Waals surface area contributed by atoms with Gasteiger partial charge in [0, 0.05) is 31.1 Å². The van der Waals surface area contributed by atoms with E-state index in [1.165, 1.54) is 0 Å². The summed E-state index contributed by atoms with van der Waals surface area (Å²) in [5, 5.41) is 2.93. The largest absolute Gasteiger partial charge is 0.372 e. The number of rotatable bonds is 4. The Balaban J connectivity index is 1.57. The van der Waals surface area contributed by atoms with Crippen molar-refractivity contribution in [1.29, 1.82) is 0 Å². The number of ether oxygens (including phenoxy) is 1. The van der Waals surface area contributed by atoms with E-state index in [-0.39, 0.29) is 29.9 Å². The second-order valence-corrected chi connectivity index (χ2v) is 6.66. The van der Waals surface area contributed by atoms with Crippen molar-refractivity contribution < 1.29 is 14.3 Å². The number of amides is 2. The topological polar surface area (TPSA) is 58.6 Å². The van der Waals surface area contributed by atoms with Crippen LogP contribution in [-0.2, 0) is 16.1 Å². The Hall–Kier alpha value is -1.88. The lowest BCUT2D eigenvalue weighted by Crippen LogP contribution is -2.48. The molecule has 2 aliphatic rings. The molecule has 124 valence electrons. The van der Waals surface area contributed by atoms with Crippen LogP contribution in [0.5, 0.6) is 0 Å². The lowest BCUT2D eigenvalue weighted by molar-refractivity contribution is -0.122. The monoisotopic (exact) mass is 316 g/mol. The third kappa shape index (κ3) is 4.10. The molecule has 1 aliphatic heterocycles. The highest BCUT2D eigenvalue weighted by Gasteiger charge is 2.29. The summed E-state index contributed by atoms with van der Waals surface area (Å²) in [7, 11) is 0. The number of nitrogens with one attached hydrogen (secondary N) is 1. The molecule has 1 heterocycles. The molecule has 1 saturated heterocycles. The Morgan fingerprint density at radius 1 is 1.13 bits per heavy atom. The van der Waals surface area contributed by atoms with Crippen LogP contribution >= 0.6 is 0 Å². The Labute approximate surface area is 137 Å². The molecular weight excluding hydrogens is 292 g/mol. The first-order valence-electron chi connectivity index (χ1n) is 8.34.